The number of rotatable bonds is 7. The minimum atomic E-state index is 0. The topological polar surface area (TPSA) is 38.2 Å². The number of aromatic nitrogens is 2. The summed E-state index contributed by atoms with van der Waals surface area (Å²) in [5, 5.41) is 0.583. The van der Waals surface area contributed by atoms with Crippen LogP contribution in [0.3, 0.4) is 0 Å². The highest BCUT2D eigenvalue weighted by Crippen LogP contribution is 2.31. The van der Waals surface area contributed by atoms with Gasteiger partial charge in [-0.1, -0.05) is 35.9 Å². The summed E-state index contributed by atoms with van der Waals surface area (Å²) in [4.78, 5) is 7.04. The van der Waals surface area contributed by atoms with Crippen molar-refractivity contribution in [1.82, 2.24) is 14.3 Å². The molecule has 0 spiro atoms. The maximum atomic E-state index is 6.08. The molecule has 0 aliphatic heterocycles. The first kappa shape index (κ1) is 21.8. The smallest absolute Gasteiger partial charge is 0.299 e. The van der Waals surface area contributed by atoms with E-state index in [1.54, 1.807) is 0 Å². The SMILES string of the molecule is Cc1ccc(-c2nsc(Oc3cc(C)c(CCN(C)C4CC4)cc3C)n2)cc1.Cl. The quantitative estimate of drug-likeness (QED) is 0.463. The summed E-state index contributed by atoms with van der Waals surface area (Å²) in [6.45, 7) is 7.45. The summed E-state index contributed by atoms with van der Waals surface area (Å²) in [5.41, 5.74) is 6.05. The van der Waals surface area contributed by atoms with E-state index in [1.807, 2.05) is 12.1 Å². The lowest BCUT2D eigenvalue weighted by molar-refractivity contribution is 0.328. The lowest BCUT2D eigenvalue weighted by Crippen LogP contribution is -2.23. The zero-order valence-corrected chi connectivity index (χ0v) is 19.1. The van der Waals surface area contributed by atoms with Crippen LogP contribution in [0.2, 0.25) is 0 Å². The number of hydrogen-bond acceptors (Lipinski definition) is 5. The Bertz CT molecular complexity index is 967. The zero-order chi connectivity index (χ0) is 19.7. The number of likely N-dealkylation sites (N-methyl/N-ethyl adjacent to an activating group) is 1. The maximum absolute atomic E-state index is 6.08. The second kappa shape index (κ2) is 9.24. The Balaban J connectivity index is 0.00000240. The second-order valence-electron chi connectivity index (χ2n) is 7.86. The Morgan fingerprint density at radius 1 is 1.07 bits per heavy atom. The molecule has 2 aromatic carbocycles. The van der Waals surface area contributed by atoms with E-state index in [2.05, 4.69) is 66.3 Å². The molecule has 1 aliphatic rings. The standard InChI is InChI=1S/C23H27N3OS.ClH/c1-15-5-7-18(8-6-15)22-24-23(28-25-22)27-21-14-16(2)19(13-17(21)3)11-12-26(4)20-9-10-20;/h5-8,13-14,20H,9-12H2,1-4H3;1H. The van der Waals surface area contributed by atoms with Gasteiger partial charge in [0.05, 0.1) is 0 Å². The van der Waals surface area contributed by atoms with Gasteiger partial charge in [-0.25, -0.2) is 0 Å². The average molecular weight is 430 g/mol. The Morgan fingerprint density at radius 2 is 1.79 bits per heavy atom. The van der Waals surface area contributed by atoms with Crippen molar-refractivity contribution in [3.05, 3.63) is 58.7 Å². The van der Waals surface area contributed by atoms with Gasteiger partial charge in [0.1, 0.15) is 5.75 Å². The van der Waals surface area contributed by atoms with Gasteiger partial charge in [0, 0.05) is 29.7 Å². The van der Waals surface area contributed by atoms with Crippen LogP contribution in [0.25, 0.3) is 11.4 Å². The predicted octanol–water partition coefficient (Wildman–Crippen LogP) is 5.98. The Morgan fingerprint density at radius 3 is 2.48 bits per heavy atom. The summed E-state index contributed by atoms with van der Waals surface area (Å²) in [7, 11) is 2.23. The summed E-state index contributed by atoms with van der Waals surface area (Å²) in [6, 6.07) is 13.4. The molecule has 0 N–H and O–H groups in total. The number of hydrogen-bond donors (Lipinski definition) is 0. The van der Waals surface area contributed by atoms with E-state index in [0.717, 1.165) is 35.9 Å². The van der Waals surface area contributed by atoms with E-state index in [9.17, 15) is 0 Å². The second-order valence-corrected chi connectivity index (χ2v) is 8.57. The number of benzene rings is 2. The molecular weight excluding hydrogens is 402 g/mol. The predicted molar refractivity (Wildman–Crippen MR) is 123 cm³/mol. The summed E-state index contributed by atoms with van der Waals surface area (Å²) in [5.74, 6) is 1.58. The summed E-state index contributed by atoms with van der Waals surface area (Å²) < 4.78 is 10.5. The molecule has 0 unspecified atom stereocenters. The van der Waals surface area contributed by atoms with Crippen LogP contribution in [-0.4, -0.2) is 33.9 Å². The van der Waals surface area contributed by atoms with Crippen molar-refractivity contribution in [3.8, 4) is 22.3 Å². The molecule has 0 bridgehead atoms. The molecule has 6 heteroatoms. The lowest BCUT2D eigenvalue weighted by Gasteiger charge is -2.17. The van der Waals surface area contributed by atoms with Crippen LogP contribution in [0, 0.1) is 20.8 Å². The van der Waals surface area contributed by atoms with Crippen molar-refractivity contribution in [1.29, 1.82) is 0 Å². The van der Waals surface area contributed by atoms with Crippen molar-refractivity contribution < 1.29 is 4.74 Å². The third kappa shape index (κ3) is 5.35. The van der Waals surface area contributed by atoms with Crippen LogP contribution in [-0.2, 0) is 6.42 Å². The van der Waals surface area contributed by atoms with Gasteiger partial charge in [0.25, 0.3) is 5.19 Å². The highest BCUT2D eigenvalue weighted by Gasteiger charge is 2.25. The minimum absolute atomic E-state index is 0. The van der Waals surface area contributed by atoms with Gasteiger partial charge in [0.2, 0.25) is 0 Å². The molecule has 4 rings (SSSR count). The molecule has 1 aromatic heterocycles. The average Bonchev–Trinajstić information content (AvgIpc) is 3.43. The first-order valence-electron chi connectivity index (χ1n) is 9.88. The summed E-state index contributed by atoms with van der Waals surface area (Å²) >= 11 is 1.30. The van der Waals surface area contributed by atoms with Gasteiger partial charge < -0.3 is 9.64 Å². The fourth-order valence-corrected chi connectivity index (χ4v) is 3.95. The van der Waals surface area contributed by atoms with E-state index in [1.165, 1.54) is 41.1 Å². The van der Waals surface area contributed by atoms with Gasteiger partial charge >= 0.3 is 0 Å². The molecule has 1 aliphatic carbocycles. The normalized spacial score (nSPS) is 13.4. The van der Waals surface area contributed by atoms with Gasteiger partial charge in [-0.05, 0) is 69.8 Å². The molecule has 1 saturated carbocycles. The fourth-order valence-electron chi connectivity index (χ4n) is 3.39. The minimum Gasteiger partial charge on any atom is -0.430 e. The van der Waals surface area contributed by atoms with Crippen LogP contribution < -0.4 is 4.74 Å². The van der Waals surface area contributed by atoms with E-state index in [0.29, 0.717) is 11.0 Å². The number of aryl methyl sites for hydroxylation is 3. The van der Waals surface area contributed by atoms with Crippen LogP contribution >= 0.6 is 23.9 Å². The zero-order valence-electron chi connectivity index (χ0n) is 17.4. The van der Waals surface area contributed by atoms with Crippen LogP contribution in [0.5, 0.6) is 10.9 Å². The first-order chi connectivity index (χ1) is 13.5. The summed E-state index contributed by atoms with van der Waals surface area (Å²) in [6.07, 6.45) is 3.79. The number of ether oxygens (including phenoxy) is 1. The third-order valence-corrected chi connectivity index (χ3v) is 6.05. The van der Waals surface area contributed by atoms with Gasteiger partial charge in [0.15, 0.2) is 5.82 Å². The monoisotopic (exact) mass is 429 g/mol. The van der Waals surface area contributed by atoms with Crippen LogP contribution in [0.1, 0.15) is 35.1 Å². The highest BCUT2D eigenvalue weighted by molar-refractivity contribution is 7.07. The van der Waals surface area contributed by atoms with Crippen molar-refractivity contribution in [3.63, 3.8) is 0 Å². The molecule has 0 amide bonds. The molecule has 1 fully saturated rings. The molecule has 4 nitrogen and oxygen atoms in total. The molecule has 29 heavy (non-hydrogen) atoms. The van der Waals surface area contributed by atoms with Crippen molar-refractivity contribution in [2.75, 3.05) is 13.6 Å². The van der Waals surface area contributed by atoms with E-state index in [4.69, 9.17) is 4.74 Å². The van der Waals surface area contributed by atoms with Crippen molar-refractivity contribution >= 4 is 23.9 Å². The molecule has 1 heterocycles. The molecule has 154 valence electrons. The largest absolute Gasteiger partial charge is 0.430 e. The molecular formula is C23H28ClN3OS. The van der Waals surface area contributed by atoms with Gasteiger partial charge in [-0.3, -0.25) is 0 Å². The van der Waals surface area contributed by atoms with Crippen molar-refractivity contribution in [2.45, 2.75) is 46.1 Å². The Kier molecular flexibility index (Phi) is 6.93. The molecule has 0 atom stereocenters. The van der Waals surface area contributed by atoms with Crippen LogP contribution in [0.15, 0.2) is 36.4 Å². The third-order valence-electron chi connectivity index (χ3n) is 5.45. The Hall–Kier alpha value is -1.95. The first-order valence-corrected chi connectivity index (χ1v) is 10.7. The van der Waals surface area contributed by atoms with E-state index in [-0.39, 0.29) is 12.4 Å². The van der Waals surface area contributed by atoms with Crippen LogP contribution in [0.4, 0.5) is 0 Å². The van der Waals surface area contributed by atoms with Gasteiger partial charge in [-0.15, -0.1) is 12.4 Å². The fraction of sp³-hybridized carbons (Fsp3) is 0.391. The molecule has 0 saturated heterocycles. The Labute approximate surface area is 183 Å². The highest BCUT2D eigenvalue weighted by atomic mass is 35.5. The van der Waals surface area contributed by atoms with Gasteiger partial charge in [-0.2, -0.15) is 9.36 Å². The van der Waals surface area contributed by atoms with Crippen molar-refractivity contribution in [2.24, 2.45) is 0 Å². The molecule has 3 aromatic rings. The maximum Gasteiger partial charge on any atom is 0.299 e. The number of halogens is 1. The van der Waals surface area contributed by atoms with E-state index < -0.39 is 0 Å². The van der Waals surface area contributed by atoms with E-state index >= 15 is 0 Å². The lowest BCUT2D eigenvalue weighted by atomic mass is 10.0. The molecule has 0 radical (unpaired) electrons. The number of nitrogens with zero attached hydrogens (tertiary/aromatic N) is 3.